The molecular formula is C14H16Br2N2S. The minimum absolute atomic E-state index is 0.665. The molecule has 0 amide bonds. The Kier molecular flexibility index (Phi) is 5.03. The third kappa shape index (κ3) is 3.58. The van der Waals surface area contributed by atoms with Crippen LogP contribution < -0.4 is 5.73 Å². The largest absolute Gasteiger partial charge is 0.375 e. The van der Waals surface area contributed by atoms with Crippen LogP contribution >= 0.6 is 43.2 Å². The molecule has 1 heterocycles. The van der Waals surface area contributed by atoms with Gasteiger partial charge in [0, 0.05) is 20.2 Å². The maximum absolute atomic E-state index is 5.85. The Hall–Kier alpha value is -0.390. The molecule has 0 spiro atoms. The zero-order chi connectivity index (χ0) is 14.0. The number of thiazole rings is 1. The number of benzene rings is 1. The molecule has 2 N–H and O–H groups in total. The number of halogens is 2. The van der Waals surface area contributed by atoms with Gasteiger partial charge in [0.25, 0.3) is 0 Å². The number of nitrogens with zero attached hydrogens (tertiary/aromatic N) is 1. The molecule has 0 unspecified atom stereocenters. The van der Waals surface area contributed by atoms with E-state index < -0.39 is 0 Å². The van der Waals surface area contributed by atoms with Crippen molar-refractivity contribution in [1.82, 2.24) is 4.98 Å². The van der Waals surface area contributed by atoms with Crippen molar-refractivity contribution in [2.45, 2.75) is 33.1 Å². The zero-order valence-corrected chi connectivity index (χ0v) is 15.0. The van der Waals surface area contributed by atoms with Crippen molar-refractivity contribution >= 4 is 48.3 Å². The lowest BCUT2D eigenvalue weighted by Gasteiger charge is -2.09. The molecule has 0 saturated heterocycles. The molecule has 5 heteroatoms. The molecule has 0 radical (unpaired) electrons. The first kappa shape index (κ1) is 15.0. The van der Waals surface area contributed by atoms with Crippen LogP contribution in [0.25, 0.3) is 0 Å². The fourth-order valence-electron chi connectivity index (χ4n) is 2.03. The quantitative estimate of drug-likeness (QED) is 0.770. The van der Waals surface area contributed by atoms with E-state index in [0.717, 1.165) is 33.9 Å². The van der Waals surface area contributed by atoms with E-state index in [9.17, 15) is 0 Å². The summed E-state index contributed by atoms with van der Waals surface area (Å²) >= 11 is 8.89. The number of hydrogen-bond acceptors (Lipinski definition) is 3. The summed E-state index contributed by atoms with van der Waals surface area (Å²) in [5.74, 6) is 0. The fourth-order valence-corrected chi connectivity index (χ4v) is 4.62. The van der Waals surface area contributed by atoms with Crippen molar-refractivity contribution in [2.24, 2.45) is 0 Å². The zero-order valence-electron chi connectivity index (χ0n) is 11.0. The Morgan fingerprint density at radius 3 is 2.47 bits per heavy atom. The maximum Gasteiger partial charge on any atom is 0.180 e. The summed E-state index contributed by atoms with van der Waals surface area (Å²) < 4.78 is 2.27. The number of nitrogens with two attached hydrogens (primary N) is 1. The number of hydrogen-bond donors (Lipinski definition) is 1. The van der Waals surface area contributed by atoms with Gasteiger partial charge in [0.05, 0.1) is 5.69 Å². The van der Waals surface area contributed by atoms with Crippen molar-refractivity contribution in [2.75, 3.05) is 5.73 Å². The lowest BCUT2D eigenvalue weighted by atomic mass is 10.1. The first-order valence-electron chi connectivity index (χ1n) is 6.19. The molecule has 0 atom stereocenters. The van der Waals surface area contributed by atoms with E-state index in [4.69, 9.17) is 5.73 Å². The third-order valence-electron chi connectivity index (χ3n) is 2.90. The van der Waals surface area contributed by atoms with Gasteiger partial charge >= 0.3 is 0 Å². The highest BCUT2D eigenvalue weighted by Gasteiger charge is 2.13. The molecule has 2 rings (SSSR count). The first-order valence-corrected chi connectivity index (χ1v) is 8.60. The molecular weight excluding hydrogens is 388 g/mol. The van der Waals surface area contributed by atoms with E-state index >= 15 is 0 Å². The van der Waals surface area contributed by atoms with Gasteiger partial charge in [-0.2, -0.15) is 0 Å². The van der Waals surface area contributed by atoms with Crippen LogP contribution in [0.4, 0.5) is 5.13 Å². The second kappa shape index (κ2) is 6.37. The predicted octanol–water partition coefficient (Wildman–Crippen LogP) is 5.10. The van der Waals surface area contributed by atoms with Crippen molar-refractivity contribution in [3.05, 3.63) is 42.8 Å². The minimum Gasteiger partial charge on any atom is -0.375 e. The molecule has 0 bridgehead atoms. The molecule has 0 fully saturated rings. The van der Waals surface area contributed by atoms with Gasteiger partial charge in [0.15, 0.2) is 5.13 Å². The van der Waals surface area contributed by atoms with Gasteiger partial charge in [0.1, 0.15) is 0 Å². The van der Waals surface area contributed by atoms with E-state index in [2.05, 4.69) is 62.8 Å². The van der Waals surface area contributed by atoms with Crippen LogP contribution in [0.15, 0.2) is 21.1 Å². The van der Waals surface area contributed by atoms with Crippen molar-refractivity contribution in [3.8, 4) is 0 Å². The van der Waals surface area contributed by atoms with E-state index in [1.807, 2.05) is 0 Å². The summed E-state index contributed by atoms with van der Waals surface area (Å²) in [6.07, 6.45) is 2.95. The monoisotopic (exact) mass is 402 g/mol. The number of anilines is 1. The van der Waals surface area contributed by atoms with Crippen LogP contribution in [-0.4, -0.2) is 4.98 Å². The molecule has 0 saturated carbocycles. The molecule has 1 aromatic carbocycles. The van der Waals surface area contributed by atoms with Crippen molar-refractivity contribution in [1.29, 1.82) is 0 Å². The Balaban J connectivity index is 2.36. The van der Waals surface area contributed by atoms with Crippen LogP contribution in [0.3, 0.4) is 0 Å². The second-order valence-corrected chi connectivity index (χ2v) is 7.38. The molecule has 19 heavy (non-hydrogen) atoms. The second-order valence-electron chi connectivity index (χ2n) is 4.56. The maximum atomic E-state index is 5.85. The average molecular weight is 404 g/mol. The predicted molar refractivity (Wildman–Crippen MR) is 89.9 cm³/mol. The van der Waals surface area contributed by atoms with Crippen LogP contribution in [0.2, 0.25) is 0 Å². The Morgan fingerprint density at radius 2 is 1.89 bits per heavy atom. The molecule has 0 aliphatic heterocycles. The SMILES string of the molecule is CCCc1nc(N)sc1Cc1c(Br)cc(C)cc1Br. The molecule has 0 aliphatic carbocycles. The van der Waals surface area contributed by atoms with Crippen molar-refractivity contribution in [3.63, 3.8) is 0 Å². The van der Waals surface area contributed by atoms with Gasteiger partial charge in [-0.3, -0.25) is 0 Å². The Labute approximate surface area is 134 Å². The summed E-state index contributed by atoms with van der Waals surface area (Å²) in [6, 6.07) is 4.29. The van der Waals surface area contributed by atoms with Gasteiger partial charge in [-0.05, 0) is 36.6 Å². The van der Waals surface area contributed by atoms with E-state index in [1.54, 1.807) is 11.3 Å². The Bertz CT molecular complexity index is 570. The summed E-state index contributed by atoms with van der Waals surface area (Å²) in [5.41, 5.74) is 9.48. The first-order chi connectivity index (χ1) is 9.01. The standard InChI is InChI=1S/C14H16Br2N2S/c1-3-4-12-13(19-14(17)18-12)7-9-10(15)5-8(2)6-11(9)16/h5-6H,3-4,7H2,1-2H3,(H2,17,18). The van der Waals surface area contributed by atoms with Crippen molar-refractivity contribution < 1.29 is 0 Å². The topological polar surface area (TPSA) is 38.9 Å². The van der Waals surface area contributed by atoms with Crippen LogP contribution in [0.5, 0.6) is 0 Å². The molecule has 102 valence electrons. The molecule has 1 aromatic heterocycles. The van der Waals surface area contributed by atoms with Gasteiger partial charge in [-0.25, -0.2) is 4.98 Å². The lowest BCUT2D eigenvalue weighted by Crippen LogP contribution is -1.95. The fraction of sp³-hybridized carbons (Fsp3) is 0.357. The highest BCUT2D eigenvalue weighted by molar-refractivity contribution is 9.11. The molecule has 2 nitrogen and oxygen atoms in total. The minimum atomic E-state index is 0.665. The summed E-state index contributed by atoms with van der Waals surface area (Å²) in [4.78, 5) is 5.71. The van der Waals surface area contributed by atoms with E-state index in [0.29, 0.717) is 5.13 Å². The number of nitrogen functional groups attached to an aromatic ring is 1. The highest BCUT2D eigenvalue weighted by Crippen LogP contribution is 2.32. The molecule has 2 aromatic rings. The van der Waals surface area contributed by atoms with Gasteiger partial charge in [0.2, 0.25) is 0 Å². The smallest absolute Gasteiger partial charge is 0.180 e. The van der Waals surface area contributed by atoms with Crippen LogP contribution in [0.1, 0.15) is 35.0 Å². The number of rotatable bonds is 4. The summed E-state index contributed by atoms with van der Waals surface area (Å²) in [6.45, 7) is 4.25. The summed E-state index contributed by atoms with van der Waals surface area (Å²) in [7, 11) is 0. The lowest BCUT2D eigenvalue weighted by molar-refractivity contribution is 0.879. The van der Waals surface area contributed by atoms with Crippen LogP contribution in [-0.2, 0) is 12.8 Å². The Morgan fingerprint density at radius 1 is 1.26 bits per heavy atom. The average Bonchev–Trinajstić information content (AvgIpc) is 2.64. The molecule has 0 aliphatic rings. The van der Waals surface area contributed by atoms with E-state index in [1.165, 1.54) is 16.0 Å². The highest BCUT2D eigenvalue weighted by atomic mass is 79.9. The normalized spacial score (nSPS) is 10.9. The third-order valence-corrected chi connectivity index (χ3v) is 5.25. The van der Waals surface area contributed by atoms with Gasteiger partial charge in [-0.15, -0.1) is 11.3 Å². The number of aromatic nitrogens is 1. The van der Waals surface area contributed by atoms with Crippen LogP contribution in [0, 0.1) is 6.92 Å². The van der Waals surface area contributed by atoms with Gasteiger partial charge < -0.3 is 5.73 Å². The van der Waals surface area contributed by atoms with E-state index in [-0.39, 0.29) is 0 Å². The van der Waals surface area contributed by atoms with Gasteiger partial charge in [-0.1, -0.05) is 45.2 Å². The summed E-state index contributed by atoms with van der Waals surface area (Å²) in [5, 5.41) is 0.665. The number of aryl methyl sites for hydroxylation is 2.